The van der Waals surface area contributed by atoms with Crippen molar-refractivity contribution < 1.29 is 9.53 Å². The topological polar surface area (TPSA) is 41.6 Å². The van der Waals surface area contributed by atoms with Crippen molar-refractivity contribution in [3.05, 3.63) is 65.2 Å². The second-order valence-electron chi connectivity index (χ2n) is 6.81. The molecular formula is C22H28N2O2. The van der Waals surface area contributed by atoms with Gasteiger partial charge in [0.15, 0.2) is 6.61 Å². The molecule has 2 aromatic rings. The molecule has 1 fully saturated rings. The molecule has 0 aromatic heterocycles. The summed E-state index contributed by atoms with van der Waals surface area (Å²) in [6, 6.07) is 16.2. The summed E-state index contributed by atoms with van der Waals surface area (Å²) >= 11 is 0. The van der Waals surface area contributed by atoms with Gasteiger partial charge in [0.05, 0.1) is 0 Å². The van der Waals surface area contributed by atoms with Gasteiger partial charge in [0.1, 0.15) is 5.75 Å². The second kappa shape index (κ2) is 9.39. The highest BCUT2D eigenvalue weighted by Gasteiger charge is 2.13. The lowest BCUT2D eigenvalue weighted by Gasteiger charge is -2.17. The van der Waals surface area contributed by atoms with Crippen LogP contribution in [-0.2, 0) is 24.3 Å². The molecule has 4 heteroatoms. The number of hydrogen-bond acceptors (Lipinski definition) is 3. The van der Waals surface area contributed by atoms with Gasteiger partial charge >= 0.3 is 0 Å². The SMILES string of the molecule is CCc1ccc(OCC(=O)NCc2ccccc2CN2CCCC2)cc1. The summed E-state index contributed by atoms with van der Waals surface area (Å²) < 4.78 is 5.57. The summed E-state index contributed by atoms with van der Waals surface area (Å²) in [5.74, 6) is 0.632. The predicted octanol–water partition coefficient (Wildman–Crippen LogP) is 3.54. The van der Waals surface area contributed by atoms with Crippen LogP contribution < -0.4 is 10.1 Å². The highest BCUT2D eigenvalue weighted by molar-refractivity contribution is 5.77. The van der Waals surface area contributed by atoms with Crippen LogP contribution in [0.5, 0.6) is 5.75 Å². The first-order chi connectivity index (χ1) is 12.7. The van der Waals surface area contributed by atoms with Crippen molar-refractivity contribution in [3.8, 4) is 5.75 Å². The van der Waals surface area contributed by atoms with Crippen molar-refractivity contribution >= 4 is 5.91 Å². The molecule has 1 saturated heterocycles. The Balaban J connectivity index is 1.47. The molecular weight excluding hydrogens is 324 g/mol. The Bertz CT molecular complexity index is 706. The molecule has 0 aliphatic carbocycles. The van der Waals surface area contributed by atoms with Gasteiger partial charge in [0, 0.05) is 13.1 Å². The third kappa shape index (κ3) is 5.33. The van der Waals surface area contributed by atoms with Crippen molar-refractivity contribution in [2.75, 3.05) is 19.7 Å². The molecule has 0 atom stereocenters. The van der Waals surface area contributed by atoms with Crippen LogP contribution in [0.3, 0.4) is 0 Å². The zero-order valence-electron chi connectivity index (χ0n) is 15.5. The number of ether oxygens (including phenoxy) is 1. The molecule has 2 aromatic carbocycles. The lowest BCUT2D eigenvalue weighted by Crippen LogP contribution is -2.29. The quantitative estimate of drug-likeness (QED) is 0.790. The summed E-state index contributed by atoms with van der Waals surface area (Å²) in [5.41, 5.74) is 3.74. The third-order valence-corrected chi connectivity index (χ3v) is 4.89. The van der Waals surface area contributed by atoms with Gasteiger partial charge in [-0.1, -0.05) is 43.3 Å². The zero-order chi connectivity index (χ0) is 18.2. The van der Waals surface area contributed by atoms with Crippen LogP contribution in [0.25, 0.3) is 0 Å². The Morgan fingerprint density at radius 2 is 1.73 bits per heavy atom. The highest BCUT2D eigenvalue weighted by atomic mass is 16.5. The van der Waals surface area contributed by atoms with Crippen LogP contribution in [-0.4, -0.2) is 30.5 Å². The molecule has 26 heavy (non-hydrogen) atoms. The number of amides is 1. The van der Waals surface area contributed by atoms with Gasteiger partial charge in [-0.05, 0) is 61.2 Å². The average molecular weight is 352 g/mol. The molecule has 3 rings (SSSR count). The Kier molecular flexibility index (Phi) is 6.67. The van der Waals surface area contributed by atoms with Gasteiger partial charge < -0.3 is 10.1 Å². The lowest BCUT2D eigenvalue weighted by molar-refractivity contribution is -0.123. The van der Waals surface area contributed by atoms with Crippen LogP contribution in [0.1, 0.15) is 36.5 Å². The molecule has 0 spiro atoms. The minimum atomic E-state index is -0.0967. The van der Waals surface area contributed by atoms with E-state index in [9.17, 15) is 4.79 Å². The van der Waals surface area contributed by atoms with Crippen molar-refractivity contribution in [2.45, 2.75) is 39.3 Å². The second-order valence-corrected chi connectivity index (χ2v) is 6.81. The third-order valence-electron chi connectivity index (χ3n) is 4.89. The molecule has 1 aliphatic rings. The number of rotatable bonds is 8. The van der Waals surface area contributed by atoms with E-state index in [0.717, 1.165) is 18.7 Å². The number of carbonyl (C=O) groups excluding carboxylic acids is 1. The minimum absolute atomic E-state index is 0.0414. The largest absolute Gasteiger partial charge is 0.484 e. The number of aryl methyl sites for hydroxylation is 1. The smallest absolute Gasteiger partial charge is 0.258 e. The lowest BCUT2D eigenvalue weighted by atomic mass is 10.1. The van der Waals surface area contributed by atoms with E-state index in [1.165, 1.54) is 42.6 Å². The van der Waals surface area contributed by atoms with E-state index < -0.39 is 0 Å². The van der Waals surface area contributed by atoms with Crippen LogP contribution in [0.15, 0.2) is 48.5 Å². The van der Waals surface area contributed by atoms with E-state index in [0.29, 0.717) is 6.54 Å². The van der Waals surface area contributed by atoms with Crippen molar-refractivity contribution in [3.63, 3.8) is 0 Å². The Morgan fingerprint density at radius 3 is 2.42 bits per heavy atom. The van der Waals surface area contributed by atoms with Crippen molar-refractivity contribution in [1.82, 2.24) is 10.2 Å². The zero-order valence-corrected chi connectivity index (χ0v) is 15.5. The molecule has 0 saturated carbocycles. The molecule has 1 amide bonds. The van der Waals surface area contributed by atoms with Crippen molar-refractivity contribution in [2.24, 2.45) is 0 Å². The monoisotopic (exact) mass is 352 g/mol. The molecule has 1 aliphatic heterocycles. The maximum absolute atomic E-state index is 12.1. The van der Waals surface area contributed by atoms with Gasteiger partial charge in [-0.2, -0.15) is 0 Å². The van der Waals surface area contributed by atoms with E-state index in [-0.39, 0.29) is 12.5 Å². The Labute approximate surface area is 156 Å². The fourth-order valence-corrected chi connectivity index (χ4v) is 3.28. The molecule has 1 N–H and O–H groups in total. The molecule has 0 radical (unpaired) electrons. The van der Waals surface area contributed by atoms with E-state index >= 15 is 0 Å². The van der Waals surface area contributed by atoms with Gasteiger partial charge in [0.25, 0.3) is 5.91 Å². The molecule has 1 heterocycles. The fourth-order valence-electron chi connectivity index (χ4n) is 3.28. The van der Waals surface area contributed by atoms with E-state index in [1.54, 1.807) is 0 Å². The normalized spacial score (nSPS) is 14.3. The van der Waals surface area contributed by atoms with Crippen LogP contribution >= 0.6 is 0 Å². The summed E-state index contributed by atoms with van der Waals surface area (Å²) in [4.78, 5) is 14.6. The van der Waals surface area contributed by atoms with Gasteiger partial charge in [-0.3, -0.25) is 9.69 Å². The minimum Gasteiger partial charge on any atom is -0.484 e. The van der Waals surface area contributed by atoms with Gasteiger partial charge in [-0.15, -0.1) is 0 Å². The number of hydrogen-bond donors (Lipinski definition) is 1. The van der Waals surface area contributed by atoms with Gasteiger partial charge in [-0.25, -0.2) is 0 Å². The molecule has 4 nitrogen and oxygen atoms in total. The first-order valence-electron chi connectivity index (χ1n) is 9.52. The Morgan fingerprint density at radius 1 is 1.04 bits per heavy atom. The maximum Gasteiger partial charge on any atom is 0.258 e. The standard InChI is InChI=1S/C22H28N2O2/c1-2-18-9-11-21(12-10-18)26-17-22(25)23-15-19-7-3-4-8-20(19)16-24-13-5-6-14-24/h3-4,7-12H,2,5-6,13-17H2,1H3,(H,23,25). The highest BCUT2D eigenvalue weighted by Crippen LogP contribution is 2.16. The summed E-state index contributed by atoms with van der Waals surface area (Å²) in [7, 11) is 0. The van der Waals surface area contributed by atoms with Gasteiger partial charge in [0.2, 0.25) is 0 Å². The number of likely N-dealkylation sites (tertiary alicyclic amines) is 1. The molecule has 0 unspecified atom stereocenters. The van der Waals surface area contributed by atoms with E-state index in [4.69, 9.17) is 4.74 Å². The predicted molar refractivity (Wildman–Crippen MR) is 104 cm³/mol. The summed E-state index contributed by atoms with van der Waals surface area (Å²) in [6.45, 7) is 6.01. The maximum atomic E-state index is 12.1. The number of nitrogens with one attached hydrogen (secondary N) is 1. The first-order valence-corrected chi connectivity index (χ1v) is 9.52. The molecule has 138 valence electrons. The van der Waals surface area contributed by atoms with Crippen LogP contribution in [0, 0.1) is 0 Å². The van der Waals surface area contributed by atoms with Crippen molar-refractivity contribution in [1.29, 1.82) is 0 Å². The van der Waals surface area contributed by atoms with Crippen LogP contribution in [0.2, 0.25) is 0 Å². The Hall–Kier alpha value is -2.33. The molecule has 0 bridgehead atoms. The summed E-state index contributed by atoms with van der Waals surface area (Å²) in [5, 5.41) is 2.97. The fraction of sp³-hybridized carbons (Fsp3) is 0.409. The number of carbonyl (C=O) groups is 1. The number of benzene rings is 2. The van der Waals surface area contributed by atoms with Crippen LogP contribution in [0.4, 0.5) is 0 Å². The number of nitrogens with zero attached hydrogens (tertiary/aromatic N) is 1. The van der Waals surface area contributed by atoms with E-state index in [1.807, 2.05) is 30.3 Å². The van der Waals surface area contributed by atoms with E-state index in [2.05, 4.69) is 35.3 Å². The average Bonchev–Trinajstić information content (AvgIpc) is 3.19. The first kappa shape index (κ1) is 18.5. The summed E-state index contributed by atoms with van der Waals surface area (Å²) in [6.07, 6.45) is 3.57.